The average molecular weight is 301 g/mol. The lowest BCUT2D eigenvalue weighted by molar-refractivity contribution is 0.626. The smallest absolute Gasteiger partial charge is 0.176 e. The van der Waals surface area contributed by atoms with Gasteiger partial charge in [-0.15, -0.1) is 5.10 Å². The lowest BCUT2D eigenvalue weighted by atomic mass is 10.2. The fourth-order valence-corrected chi connectivity index (χ4v) is 2.11. The summed E-state index contributed by atoms with van der Waals surface area (Å²) in [6, 6.07) is 12.1. The van der Waals surface area contributed by atoms with Gasteiger partial charge in [0.2, 0.25) is 0 Å². The summed E-state index contributed by atoms with van der Waals surface area (Å²) < 4.78 is 13.6. The molecule has 1 N–H and O–H groups in total. The van der Waals surface area contributed by atoms with E-state index in [1.165, 1.54) is 12.3 Å². The molecule has 4 nitrogen and oxygen atoms in total. The topological polar surface area (TPSA) is 50.2 Å². The van der Waals surface area contributed by atoms with Crippen LogP contribution in [0.4, 0.5) is 10.2 Å². The largest absolute Gasteiger partial charge is 0.259 e. The third kappa shape index (κ3) is 2.83. The molecule has 3 aromatic rings. The van der Waals surface area contributed by atoms with Crippen LogP contribution in [0.15, 0.2) is 53.8 Å². The van der Waals surface area contributed by atoms with Crippen LogP contribution in [0.2, 0.25) is 5.02 Å². The molecule has 0 saturated heterocycles. The third-order valence-electron chi connectivity index (χ3n) is 2.93. The van der Waals surface area contributed by atoms with Crippen molar-refractivity contribution < 1.29 is 4.39 Å². The first-order valence-electron chi connectivity index (χ1n) is 6.19. The van der Waals surface area contributed by atoms with Crippen LogP contribution >= 0.6 is 11.6 Å². The lowest BCUT2D eigenvalue weighted by Crippen LogP contribution is -1.97. The molecule has 0 radical (unpaired) electrons. The number of benzene rings is 2. The maximum absolute atomic E-state index is 13.6. The first-order chi connectivity index (χ1) is 10.3. The summed E-state index contributed by atoms with van der Waals surface area (Å²) in [5, 5.41) is 14.0. The maximum Gasteiger partial charge on any atom is 0.176 e. The van der Waals surface area contributed by atoms with Crippen LogP contribution in [0, 0.1) is 5.82 Å². The van der Waals surface area contributed by atoms with E-state index in [0.717, 1.165) is 10.8 Å². The average Bonchev–Trinajstić information content (AvgIpc) is 2.50. The van der Waals surface area contributed by atoms with Crippen molar-refractivity contribution in [3.63, 3.8) is 0 Å². The highest BCUT2D eigenvalue weighted by molar-refractivity contribution is 6.33. The van der Waals surface area contributed by atoms with Gasteiger partial charge in [-0.1, -0.05) is 41.9 Å². The lowest BCUT2D eigenvalue weighted by Gasteiger charge is -2.03. The first-order valence-corrected chi connectivity index (χ1v) is 6.57. The van der Waals surface area contributed by atoms with Gasteiger partial charge < -0.3 is 0 Å². The third-order valence-corrected chi connectivity index (χ3v) is 3.26. The van der Waals surface area contributed by atoms with Gasteiger partial charge in [0.25, 0.3) is 0 Å². The summed E-state index contributed by atoms with van der Waals surface area (Å²) in [4.78, 5) is 0. The summed E-state index contributed by atoms with van der Waals surface area (Å²) >= 11 is 5.92. The second-order valence-electron chi connectivity index (χ2n) is 4.29. The molecule has 0 spiro atoms. The SMILES string of the molecule is Fc1cccc(Cl)c1C=NNc1nncc2ccccc12. The van der Waals surface area contributed by atoms with Gasteiger partial charge in [0.15, 0.2) is 5.82 Å². The summed E-state index contributed by atoms with van der Waals surface area (Å²) in [6.45, 7) is 0. The minimum absolute atomic E-state index is 0.222. The van der Waals surface area contributed by atoms with Crippen LogP contribution in [0.1, 0.15) is 5.56 Å². The number of hydrogen-bond donors (Lipinski definition) is 1. The molecule has 0 bridgehead atoms. The number of aromatic nitrogens is 2. The normalized spacial score (nSPS) is 11.1. The molecule has 0 aliphatic rings. The zero-order valence-corrected chi connectivity index (χ0v) is 11.5. The van der Waals surface area contributed by atoms with Gasteiger partial charge in [0, 0.05) is 16.3 Å². The fraction of sp³-hybridized carbons (Fsp3) is 0. The van der Waals surface area contributed by atoms with Crippen LogP contribution in [0.5, 0.6) is 0 Å². The second-order valence-corrected chi connectivity index (χ2v) is 4.69. The second kappa shape index (κ2) is 5.85. The van der Waals surface area contributed by atoms with Gasteiger partial charge in [-0.3, -0.25) is 5.43 Å². The Morgan fingerprint density at radius 3 is 2.86 bits per heavy atom. The van der Waals surface area contributed by atoms with E-state index < -0.39 is 5.82 Å². The molecule has 0 unspecified atom stereocenters. The molecular weight excluding hydrogens is 291 g/mol. The van der Waals surface area contributed by atoms with Crippen molar-refractivity contribution in [1.29, 1.82) is 0 Å². The predicted molar refractivity (Wildman–Crippen MR) is 82.2 cm³/mol. The zero-order valence-electron chi connectivity index (χ0n) is 10.8. The van der Waals surface area contributed by atoms with Gasteiger partial charge in [-0.2, -0.15) is 10.2 Å². The number of hydrogen-bond acceptors (Lipinski definition) is 4. The van der Waals surface area contributed by atoms with E-state index in [1.54, 1.807) is 18.3 Å². The number of fused-ring (bicyclic) bond motifs is 1. The van der Waals surface area contributed by atoms with Crippen molar-refractivity contribution >= 4 is 34.4 Å². The number of rotatable bonds is 3. The molecule has 0 fully saturated rings. The zero-order chi connectivity index (χ0) is 14.7. The number of halogens is 2. The number of nitrogens with zero attached hydrogens (tertiary/aromatic N) is 3. The van der Waals surface area contributed by atoms with Gasteiger partial charge >= 0.3 is 0 Å². The van der Waals surface area contributed by atoms with E-state index in [1.807, 2.05) is 24.3 Å². The monoisotopic (exact) mass is 300 g/mol. The molecule has 6 heteroatoms. The number of hydrazone groups is 1. The number of nitrogens with one attached hydrogen (secondary N) is 1. The molecule has 21 heavy (non-hydrogen) atoms. The van der Waals surface area contributed by atoms with Gasteiger partial charge in [0.1, 0.15) is 5.82 Å². The molecular formula is C15H10ClFN4. The number of anilines is 1. The summed E-state index contributed by atoms with van der Waals surface area (Å²) in [5.41, 5.74) is 2.98. The Morgan fingerprint density at radius 1 is 1.14 bits per heavy atom. The molecule has 0 aliphatic carbocycles. The van der Waals surface area contributed by atoms with E-state index in [2.05, 4.69) is 20.7 Å². The standard InChI is InChI=1S/C15H10ClFN4/c16-13-6-3-7-14(17)12(13)9-19-21-15-11-5-2-1-4-10(11)8-18-20-15/h1-9H,(H,20,21). The van der Waals surface area contributed by atoms with Crippen LogP contribution < -0.4 is 5.43 Å². The van der Waals surface area contributed by atoms with Crippen LogP contribution in [0.3, 0.4) is 0 Å². The molecule has 0 saturated carbocycles. The molecule has 1 heterocycles. The Kier molecular flexibility index (Phi) is 3.75. The van der Waals surface area contributed by atoms with E-state index in [0.29, 0.717) is 10.8 Å². The Labute approximate surface area is 125 Å². The summed E-state index contributed by atoms with van der Waals surface area (Å²) in [6.07, 6.45) is 2.99. The summed E-state index contributed by atoms with van der Waals surface area (Å²) in [7, 11) is 0. The quantitative estimate of drug-likeness (QED) is 0.590. The fourth-order valence-electron chi connectivity index (χ4n) is 1.90. The molecule has 1 aromatic heterocycles. The molecule has 2 aromatic carbocycles. The van der Waals surface area contributed by atoms with Crippen molar-refractivity contribution in [3.8, 4) is 0 Å². The van der Waals surface area contributed by atoms with Crippen LogP contribution in [0.25, 0.3) is 10.8 Å². The molecule has 0 atom stereocenters. The minimum atomic E-state index is -0.433. The Balaban J connectivity index is 1.88. The molecule has 3 rings (SSSR count). The van der Waals surface area contributed by atoms with Gasteiger partial charge in [0.05, 0.1) is 17.4 Å². The van der Waals surface area contributed by atoms with Crippen molar-refractivity contribution in [1.82, 2.24) is 10.2 Å². The van der Waals surface area contributed by atoms with Crippen molar-refractivity contribution in [2.75, 3.05) is 5.43 Å². The Bertz CT molecular complexity index is 794. The summed E-state index contributed by atoms with van der Waals surface area (Å²) in [5.74, 6) is 0.0638. The van der Waals surface area contributed by atoms with E-state index in [-0.39, 0.29) is 5.56 Å². The van der Waals surface area contributed by atoms with Gasteiger partial charge in [-0.05, 0) is 12.1 Å². The molecule has 0 aliphatic heterocycles. The van der Waals surface area contributed by atoms with Crippen molar-refractivity contribution in [2.24, 2.45) is 5.10 Å². The van der Waals surface area contributed by atoms with E-state index in [9.17, 15) is 4.39 Å². The predicted octanol–water partition coefficient (Wildman–Crippen LogP) is 3.87. The minimum Gasteiger partial charge on any atom is -0.259 e. The van der Waals surface area contributed by atoms with Crippen LogP contribution in [-0.4, -0.2) is 16.4 Å². The highest BCUT2D eigenvalue weighted by Gasteiger charge is 2.04. The molecule has 104 valence electrons. The van der Waals surface area contributed by atoms with Crippen LogP contribution in [-0.2, 0) is 0 Å². The molecule has 0 amide bonds. The van der Waals surface area contributed by atoms with Crippen molar-refractivity contribution in [2.45, 2.75) is 0 Å². The first kappa shape index (κ1) is 13.5. The Morgan fingerprint density at radius 2 is 2.00 bits per heavy atom. The van der Waals surface area contributed by atoms with E-state index in [4.69, 9.17) is 11.6 Å². The highest BCUT2D eigenvalue weighted by Crippen LogP contribution is 2.20. The highest BCUT2D eigenvalue weighted by atomic mass is 35.5. The Hall–Kier alpha value is -2.53. The van der Waals surface area contributed by atoms with Gasteiger partial charge in [-0.25, -0.2) is 4.39 Å². The maximum atomic E-state index is 13.6. The van der Waals surface area contributed by atoms with E-state index >= 15 is 0 Å². The van der Waals surface area contributed by atoms with Crippen molar-refractivity contribution in [3.05, 3.63) is 65.1 Å².